The van der Waals surface area contributed by atoms with Gasteiger partial charge in [-0.2, -0.15) is 0 Å². The summed E-state index contributed by atoms with van der Waals surface area (Å²) >= 11 is 0. The van der Waals surface area contributed by atoms with Gasteiger partial charge >= 0.3 is 6.09 Å². The summed E-state index contributed by atoms with van der Waals surface area (Å²) in [6.45, 7) is 28.7. The van der Waals surface area contributed by atoms with Crippen LogP contribution in [0.25, 0.3) is 0 Å². The van der Waals surface area contributed by atoms with Crippen molar-refractivity contribution in [3.8, 4) is 0 Å². The van der Waals surface area contributed by atoms with Gasteiger partial charge in [-0.15, -0.1) is 0 Å². The van der Waals surface area contributed by atoms with Crippen LogP contribution in [0.3, 0.4) is 0 Å². The Morgan fingerprint density at radius 1 is 0.941 bits per heavy atom. The van der Waals surface area contributed by atoms with Crippen molar-refractivity contribution in [2.75, 3.05) is 0 Å². The Bertz CT molecular complexity index is 970. The molecule has 0 bridgehead atoms. The van der Waals surface area contributed by atoms with E-state index < -0.39 is 6.09 Å². The first-order chi connectivity index (χ1) is 16.0. The SMILES string of the molecule is C=C(/C=C\C(=C)/C(C)=C/C=C(\C)C(C)C)/C(C)=C(\NC(=O)OCc1ccccc1)C(=C)C.CC. The van der Waals surface area contributed by atoms with Crippen LogP contribution < -0.4 is 5.32 Å². The maximum Gasteiger partial charge on any atom is 0.411 e. The summed E-state index contributed by atoms with van der Waals surface area (Å²) < 4.78 is 5.33. The zero-order chi connectivity index (χ0) is 26.3. The molecule has 0 atom stereocenters. The maximum absolute atomic E-state index is 12.3. The summed E-state index contributed by atoms with van der Waals surface area (Å²) in [4.78, 5) is 12.3. The molecule has 1 amide bonds. The van der Waals surface area contributed by atoms with Gasteiger partial charge in [-0.1, -0.05) is 108 Å². The van der Waals surface area contributed by atoms with Gasteiger partial charge in [0.25, 0.3) is 0 Å². The molecule has 0 radical (unpaired) electrons. The third kappa shape index (κ3) is 11.5. The number of carbonyl (C=O) groups excluding carboxylic acids is 1. The molecule has 184 valence electrons. The van der Waals surface area contributed by atoms with Gasteiger partial charge in [0.2, 0.25) is 0 Å². The second-order valence-electron chi connectivity index (χ2n) is 8.27. The number of nitrogens with one attached hydrogen (secondary N) is 1. The molecule has 0 saturated heterocycles. The molecule has 0 aromatic heterocycles. The topological polar surface area (TPSA) is 38.3 Å². The number of hydrogen-bond donors (Lipinski definition) is 1. The van der Waals surface area contributed by atoms with Crippen molar-refractivity contribution in [2.24, 2.45) is 5.92 Å². The van der Waals surface area contributed by atoms with Crippen molar-refractivity contribution >= 4 is 6.09 Å². The summed E-state index contributed by atoms with van der Waals surface area (Å²) in [5, 5.41) is 2.80. The smallest absolute Gasteiger partial charge is 0.411 e. The van der Waals surface area contributed by atoms with Crippen LogP contribution in [0.2, 0.25) is 0 Å². The zero-order valence-corrected chi connectivity index (χ0v) is 22.4. The van der Waals surface area contributed by atoms with E-state index in [9.17, 15) is 4.79 Å². The first-order valence-electron chi connectivity index (χ1n) is 11.8. The largest absolute Gasteiger partial charge is 0.444 e. The van der Waals surface area contributed by atoms with E-state index in [-0.39, 0.29) is 6.61 Å². The van der Waals surface area contributed by atoms with Crippen LogP contribution in [0.1, 0.15) is 61.0 Å². The average Bonchev–Trinajstić information content (AvgIpc) is 2.83. The van der Waals surface area contributed by atoms with Gasteiger partial charge in [-0.05, 0) is 67.0 Å². The molecular formula is C31H43NO2. The maximum atomic E-state index is 12.3. The number of ether oxygens (including phenoxy) is 1. The molecule has 1 rings (SSSR count). The van der Waals surface area contributed by atoms with Gasteiger partial charge in [0.05, 0.1) is 0 Å². The van der Waals surface area contributed by atoms with Gasteiger partial charge < -0.3 is 4.74 Å². The predicted octanol–water partition coefficient (Wildman–Crippen LogP) is 9.01. The van der Waals surface area contributed by atoms with Crippen molar-refractivity contribution in [1.29, 1.82) is 0 Å². The molecule has 0 heterocycles. The van der Waals surface area contributed by atoms with Gasteiger partial charge in [0.1, 0.15) is 6.61 Å². The Labute approximate surface area is 208 Å². The molecule has 1 aromatic carbocycles. The Morgan fingerprint density at radius 3 is 2.03 bits per heavy atom. The molecule has 34 heavy (non-hydrogen) atoms. The molecule has 0 unspecified atom stereocenters. The third-order valence-corrected chi connectivity index (χ3v) is 5.22. The summed E-state index contributed by atoms with van der Waals surface area (Å²) in [6, 6.07) is 9.54. The number of amides is 1. The average molecular weight is 462 g/mol. The van der Waals surface area contributed by atoms with E-state index in [4.69, 9.17) is 4.74 Å². The summed E-state index contributed by atoms with van der Waals surface area (Å²) in [6.07, 6.45) is 7.51. The molecule has 3 heteroatoms. The van der Waals surface area contributed by atoms with Crippen molar-refractivity contribution in [3.05, 3.63) is 119 Å². The zero-order valence-electron chi connectivity index (χ0n) is 22.4. The number of allylic oxidation sites excluding steroid dienone is 10. The van der Waals surface area contributed by atoms with Gasteiger partial charge in [0, 0.05) is 5.70 Å². The Hall–Kier alpha value is -3.33. The number of carbonyl (C=O) groups is 1. The Kier molecular flexibility index (Phi) is 14.7. The monoisotopic (exact) mass is 461 g/mol. The van der Waals surface area contributed by atoms with E-state index in [2.05, 4.69) is 58.0 Å². The Balaban J connectivity index is 0.00000529. The normalized spacial score (nSPS) is 12.5. The lowest BCUT2D eigenvalue weighted by atomic mass is 10.0. The first-order valence-corrected chi connectivity index (χ1v) is 11.8. The van der Waals surface area contributed by atoms with Crippen molar-refractivity contribution in [1.82, 2.24) is 5.32 Å². The van der Waals surface area contributed by atoms with E-state index in [0.717, 1.165) is 33.4 Å². The fraction of sp³-hybridized carbons (Fsp3) is 0.323. The number of rotatable bonds is 10. The van der Waals surface area contributed by atoms with Gasteiger partial charge in [-0.3, -0.25) is 5.32 Å². The van der Waals surface area contributed by atoms with Crippen LogP contribution in [-0.2, 0) is 11.3 Å². The highest BCUT2D eigenvalue weighted by Gasteiger charge is 2.11. The van der Waals surface area contributed by atoms with Crippen LogP contribution in [-0.4, -0.2) is 6.09 Å². The molecule has 0 aliphatic rings. The van der Waals surface area contributed by atoms with E-state index in [0.29, 0.717) is 11.6 Å². The van der Waals surface area contributed by atoms with E-state index in [1.807, 2.05) is 77.1 Å². The molecule has 0 aliphatic carbocycles. The molecule has 0 spiro atoms. The molecule has 0 aliphatic heterocycles. The van der Waals surface area contributed by atoms with Crippen molar-refractivity contribution < 1.29 is 9.53 Å². The second kappa shape index (κ2) is 16.3. The van der Waals surface area contributed by atoms with Crippen LogP contribution in [0.5, 0.6) is 0 Å². The van der Waals surface area contributed by atoms with E-state index in [1.54, 1.807) is 0 Å². The minimum absolute atomic E-state index is 0.201. The summed E-state index contributed by atoms with van der Waals surface area (Å²) in [5.74, 6) is 0.517. The molecule has 0 fully saturated rings. The first kappa shape index (κ1) is 30.7. The molecule has 1 aromatic rings. The van der Waals surface area contributed by atoms with Gasteiger partial charge in [0.15, 0.2) is 0 Å². The van der Waals surface area contributed by atoms with Crippen LogP contribution in [0.4, 0.5) is 4.79 Å². The molecule has 1 N–H and O–H groups in total. The molecule has 0 saturated carbocycles. The lowest BCUT2D eigenvalue weighted by Gasteiger charge is -2.15. The Morgan fingerprint density at radius 2 is 1.50 bits per heavy atom. The number of benzene rings is 1. The van der Waals surface area contributed by atoms with Crippen molar-refractivity contribution in [2.45, 2.75) is 62.0 Å². The van der Waals surface area contributed by atoms with Crippen molar-refractivity contribution in [3.63, 3.8) is 0 Å². The van der Waals surface area contributed by atoms with Gasteiger partial charge in [-0.25, -0.2) is 4.79 Å². The van der Waals surface area contributed by atoms with E-state index >= 15 is 0 Å². The number of alkyl carbamates (subject to hydrolysis) is 1. The highest BCUT2D eigenvalue weighted by atomic mass is 16.5. The van der Waals surface area contributed by atoms with Crippen LogP contribution in [0, 0.1) is 5.92 Å². The fourth-order valence-electron chi connectivity index (χ4n) is 2.56. The minimum atomic E-state index is -0.529. The second-order valence-corrected chi connectivity index (χ2v) is 8.27. The minimum Gasteiger partial charge on any atom is -0.444 e. The lowest BCUT2D eigenvalue weighted by Crippen LogP contribution is -2.25. The third-order valence-electron chi connectivity index (χ3n) is 5.22. The fourth-order valence-corrected chi connectivity index (χ4v) is 2.56. The summed E-state index contributed by atoms with van der Waals surface area (Å²) in [5.41, 5.74) is 7.12. The van der Waals surface area contributed by atoms with Crippen LogP contribution in [0.15, 0.2) is 114 Å². The quantitative estimate of drug-likeness (QED) is 0.353. The lowest BCUT2D eigenvalue weighted by molar-refractivity contribution is 0.142. The van der Waals surface area contributed by atoms with E-state index in [1.165, 1.54) is 5.57 Å². The highest BCUT2D eigenvalue weighted by Crippen LogP contribution is 2.20. The van der Waals surface area contributed by atoms with Crippen LogP contribution >= 0.6 is 0 Å². The standard InChI is InChI=1S/C29H37NO2.C2H6/c1-20(2)22(5)15-16-23(6)24(7)17-18-25(8)26(9)28(21(3)4)30-29(31)32-19-27-13-11-10-12-14-27;1-2/h10-18,20H,3,7-8,19H2,1-2,4-6,9H3,(H,30,31);1-2H3/b18-17-,22-15+,23-16+,28-26-;. The molecular weight excluding hydrogens is 418 g/mol. The summed E-state index contributed by atoms with van der Waals surface area (Å²) in [7, 11) is 0. The molecule has 3 nitrogen and oxygen atoms in total. The predicted molar refractivity (Wildman–Crippen MR) is 148 cm³/mol. The number of hydrogen-bond acceptors (Lipinski definition) is 2. The highest BCUT2D eigenvalue weighted by molar-refractivity contribution is 5.71.